The van der Waals surface area contributed by atoms with Crippen LogP contribution in [0.15, 0.2) is 29.2 Å². The van der Waals surface area contributed by atoms with Gasteiger partial charge < -0.3 is 5.11 Å². The molecule has 3 nitrogen and oxygen atoms in total. The molecule has 1 aliphatic rings. The zero-order valence-electron chi connectivity index (χ0n) is 9.26. The summed E-state index contributed by atoms with van der Waals surface area (Å²) in [5.74, 6) is 0.0426. The number of sulfone groups is 1. The second-order valence-electron chi connectivity index (χ2n) is 4.50. The highest BCUT2D eigenvalue weighted by molar-refractivity contribution is 7.91. The number of rotatable bonds is 4. The first-order valence-electron chi connectivity index (χ1n) is 5.46. The number of aliphatic hydroxyl groups excluding tert-OH is 1. The Morgan fingerprint density at radius 1 is 1.31 bits per heavy atom. The van der Waals surface area contributed by atoms with Gasteiger partial charge in [-0.25, -0.2) is 8.42 Å². The normalized spacial score (nSPS) is 18.4. The van der Waals surface area contributed by atoms with Gasteiger partial charge in [0.1, 0.15) is 0 Å². The zero-order chi connectivity index (χ0) is 11.8. The SMILES string of the molecule is Cc1ccc(S(=O)(=O)C[C@@H](O)C2CC2)cc1. The van der Waals surface area contributed by atoms with Crippen LogP contribution in [0.5, 0.6) is 0 Å². The number of aliphatic hydroxyl groups is 1. The summed E-state index contributed by atoms with van der Waals surface area (Å²) in [6, 6.07) is 6.75. The van der Waals surface area contributed by atoms with Gasteiger partial charge in [-0.1, -0.05) is 17.7 Å². The van der Waals surface area contributed by atoms with Crippen LogP contribution in [-0.2, 0) is 9.84 Å². The Labute approximate surface area is 96.0 Å². The van der Waals surface area contributed by atoms with Crippen molar-refractivity contribution in [3.63, 3.8) is 0 Å². The van der Waals surface area contributed by atoms with Crippen molar-refractivity contribution < 1.29 is 13.5 Å². The average molecular weight is 240 g/mol. The van der Waals surface area contributed by atoms with Crippen LogP contribution in [0.3, 0.4) is 0 Å². The van der Waals surface area contributed by atoms with Crippen LogP contribution in [0.2, 0.25) is 0 Å². The van der Waals surface area contributed by atoms with E-state index in [1.807, 2.05) is 6.92 Å². The minimum Gasteiger partial charge on any atom is -0.392 e. The molecule has 1 saturated carbocycles. The second-order valence-corrected chi connectivity index (χ2v) is 6.53. The minimum absolute atomic E-state index is 0.152. The molecular formula is C12H16O3S. The Hall–Kier alpha value is -0.870. The highest BCUT2D eigenvalue weighted by atomic mass is 32.2. The molecule has 0 unspecified atom stereocenters. The third-order valence-corrected chi connectivity index (χ3v) is 4.71. The van der Waals surface area contributed by atoms with Crippen molar-refractivity contribution in [1.82, 2.24) is 0 Å². The molecule has 0 amide bonds. The Bertz CT molecular complexity index is 458. The van der Waals surface area contributed by atoms with Gasteiger partial charge in [0, 0.05) is 0 Å². The molecule has 4 heteroatoms. The molecule has 1 aliphatic carbocycles. The number of hydrogen-bond donors (Lipinski definition) is 1. The second kappa shape index (κ2) is 4.18. The molecular weight excluding hydrogens is 224 g/mol. The molecule has 0 aliphatic heterocycles. The molecule has 0 radical (unpaired) electrons. The lowest BCUT2D eigenvalue weighted by Crippen LogP contribution is -2.22. The molecule has 1 N–H and O–H groups in total. The Morgan fingerprint density at radius 2 is 1.88 bits per heavy atom. The molecule has 0 heterocycles. The molecule has 1 fully saturated rings. The first kappa shape index (κ1) is 11.6. The molecule has 1 atom stereocenters. The monoisotopic (exact) mass is 240 g/mol. The minimum atomic E-state index is -3.33. The fraction of sp³-hybridized carbons (Fsp3) is 0.500. The van der Waals surface area contributed by atoms with Crippen LogP contribution in [0.25, 0.3) is 0 Å². The van der Waals surface area contributed by atoms with E-state index in [2.05, 4.69) is 0 Å². The van der Waals surface area contributed by atoms with Gasteiger partial charge in [-0.05, 0) is 37.8 Å². The topological polar surface area (TPSA) is 54.4 Å². The summed E-state index contributed by atoms with van der Waals surface area (Å²) in [5.41, 5.74) is 1.03. The summed E-state index contributed by atoms with van der Waals surface area (Å²) in [4.78, 5) is 0.304. The van der Waals surface area contributed by atoms with Gasteiger partial charge in [0.25, 0.3) is 0 Å². The fourth-order valence-corrected chi connectivity index (χ4v) is 3.15. The molecule has 1 aromatic carbocycles. The van der Waals surface area contributed by atoms with Crippen LogP contribution in [-0.4, -0.2) is 25.4 Å². The van der Waals surface area contributed by atoms with Crippen molar-refractivity contribution in [2.24, 2.45) is 5.92 Å². The van der Waals surface area contributed by atoms with Gasteiger partial charge in [0.05, 0.1) is 16.8 Å². The van der Waals surface area contributed by atoms with E-state index in [1.165, 1.54) is 0 Å². The number of aryl methyl sites for hydroxylation is 1. The van der Waals surface area contributed by atoms with Gasteiger partial charge in [-0.2, -0.15) is 0 Å². The van der Waals surface area contributed by atoms with Crippen molar-refractivity contribution in [2.75, 3.05) is 5.75 Å². The molecule has 2 rings (SSSR count). The van der Waals surface area contributed by atoms with Gasteiger partial charge in [0.15, 0.2) is 9.84 Å². The van der Waals surface area contributed by atoms with Crippen molar-refractivity contribution >= 4 is 9.84 Å². The number of benzene rings is 1. The molecule has 88 valence electrons. The Kier molecular flexibility index (Phi) is 3.04. The van der Waals surface area contributed by atoms with Crippen LogP contribution >= 0.6 is 0 Å². The van der Waals surface area contributed by atoms with Gasteiger partial charge in [0.2, 0.25) is 0 Å². The van der Waals surface area contributed by atoms with E-state index >= 15 is 0 Å². The maximum absolute atomic E-state index is 11.9. The summed E-state index contributed by atoms with van der Waals surface area (Å²) >= 11 is 0. The summed E-state index contributed by atoms with van der Waals surface area (Å²) in [6.45, 7) is 1.91. The van der Waals surface area contributed by atoms with Gasteiger partial charge >= 0.3 is 0 Å². The summed E-state index contributed by atoms with van der Waals surface area (Å²) < 4.78 is 23.9. The van der Waals surface area contributed by atoms with Crippen molar-refractivity contribution in [3.05, 3.63) is 29.8 Å². The van der Waals surface area contributed by atoms with E-state index in [-0.39, 0.29) is 11.7 Å². The number of hydrogen-bond acceptors (Lipinski definition) is 3. The first-order chi connectivity index (χ1) is 7.49. The standard InChI is InChI=1S/C12H16O3S/c1-9-2-6-11(7-3-9)16(14,15)8-12(13)10-4-5-10/h2-3,6-7,10,12-13H,4-5,8H2,1H3/t12-/m1/s1. The lowest BCUT2D eigenvalue weighted by Gasteiger charge is -2.10. The van der Waals surface area contributed by atoms with Crippen molar-refractivity contribution in [2.45, 2.75) is 30.8 Å². The van der Waals surface area contributed by atoms with E-state index in [0.717, 1.165) is 18.4 Å². The third kappa shape index (κ3) is 2.62. The van der Waals surface area contributed by atoms with Crippen molar-refractivity contribution in [1.29, 1.82) is 0 Å². The third-order valence-electron chi connectivity index (χ3n) is 2.94. The van der Waals surface area contributed by atoms with E-state index in [4.69, 9.17) is 0 Å². The summed E-state index contributed by atoms with van der Waals surface area (Å²) in [5, 5.41) is 9.66. The maximum atomic E-state index is 11.9. The summed E-state index contributed by atoms with van der Waals surface area (Å²) in [6.07, 6.45) is 1.20. The van der Waals surface area contributed by atoms with E-state index in [9.17, 15) is 13.5 Å². The first-order valence-corrected chi connectivity index (χ1v) is 7.12. The predicted octanol–water partition coefficient (Wildman–Crippen LogP) is 1.54. The zero-order valence-corrected chi connectivity index (χ0v) is 10.1. The van der Waals surface area contributed by atoms with E-state index in [1.54, 1.807) is 24.3 Å². The van der Waals surface area contributed by atoms with E-state index < -0.39 is 15.9 Å². The van der Waals surface area contributed by atoms with Gasteiger partial charge in [-0.15, -0.1) is 0 Å². The lowest BCUT2D eigenvalue weighted by atomic mass is 10.2. The maximum Gasteiger partial charge on any atom is 0.180 e. The molecule has 1 aromatic rings. The molecule has 0 saturated heterocycles. The summed E-state index contributed by atoms with van der Waals surface area (Å²) in [7, 11) is -3.33. The van der Waals surface area contributed by atoms with Crippen molar-refractivity contribution in [3.8, 4) is 0 Å². The quantitative estimate of drug-likeness (QED) is 0.868. The van der Waals surface area contributed by atoms with Crippen LogP contribution in [0, 0.1) is 12.8 Å². The Morgan fingerprint density at radius 3 is 2.38 bits per heavy atom. The van der Waals surface area contributed by atoms with E-state index in [0.29, 0.717) is 4.90 Å². The highest BCUT2D eigenvalue weighted by Crippen LogP contribution is 2.33. The largest absolute Gasteiger partial charge is 0.392 e. The Balaban J connectivity index is 2.14. The molecule has 0 bridgehead atoms. The molecule has 0 spiro atoms. The molecule has 0 aromatic heterocycles. The van der Waals surface area contributed by atoms with Crippen LogP contribution < -0.4 is 0 Å². The fourth-order valence-electron chi connectivity index (χ4n) is 1.68. The smallest absolute Gasteiger partial charge is 0.180 e. The molecule has 16 heavy (non-hydrogen) atoms. The highest BCUT2D eigenvalue weighted by Gasteiger charge is 2.33. The average Bonchev–Trinajstić information content (AvgIpc) is 3.00. The predicted molar refractivity (Wildman–Crippen MR) is 62.0 cm³/mol. The van der Waals surface area contributed by atoms with Crippen LogP contribution in [0.4, 0.5) is 0 Å². The lowest BCUT2D eigenvalue weighted by molar-refractivity contribution is 0.174. The van der Waals surface area contributed by atoms with Crippen LogP contribution in [0.1, 0.15) is 18.4 Å². The van der Waals surface area contributed by atoms with Gasteiger partial charge in [-0.3, -0.25) is 0 Å².